The highest BCUT2D eigenvalue weighted by molar-refractivity contribution is 6.30. The monoisotopic (exact) mass is 344 g/mol. The van der Waals surface area contributed by atoms with Crippen LogP contribution in [0.2, 0.25) is 5.02 Å². The summed E-state index contributed by atoms with van der Waals surface area (Å²) in [5, 5.41) is 10.3. The van der Waals surface area contributed by atoms with Crippen LogP contribution in [0.4, 0.5) is 0 Å². The van der Waals surface area contributed by atoms with E-state index in [1.165, 1.54) is 11.1 Å². The maximum absolute atomic E-state index is 9.52. The molecule has 0 atom stereocenters. The highest BCUT2D eigenvalue weighted by Crippen LogP contribution is 2.34. The van der Waals surface area contributed by atoms with E-state index in [9.17, 15) is 5.26 Å². The first-order valence-corrected chi connectivity index (χ1v) is 9.25. The summed E-state index contributed by atoms with van der Waals surface area (Å²) in [6.07, 6.45) is 7.26. The second-order valence-electron chi connectivity index (χ2n) is 6.90. The van der Waals surface area contributed by atoms with Crippen molar-refractivity contribution in [3.63, 3.8) is 0 Å². The average molecular weight is 345 g/mol. The van der Waals surface area contributed by atoms with Crippen molar-refractivity contribution in [1.82, 2.24) is 4.90 Å². The van der Waals surface area contributed by atoms with Gasteiger partial charge in [-0.2, -0.15) is 5.26 Å². The zero-order valence-corrected chi connectivity index (χ0v) is 14.9. The largest absolute Gasteiger partial charge is 0.381 e. The van der Waals surface area contributed by atoms with Crippen LogP contribution < -0.4 is 0 Å². The number of nitriles is 1. The van der Waals surface area contributed by atoms with E-state index in [1.54, 1.807) is 0 Å². The van der Waals surface area contributed by atoms with Crippen molar-refractivity contribution in [2.45, 2.75) is 32.1 Å². The summed E-state index contributed by atoms with van der Waals surface area (Å²) in [6, 6.07) is 10.7. The normalized spacial score (nSPS) is 21.1. The van der Waals surface area contributed by atoms with Gasteiger partial charge >= 0.3 is 0 Å². The summed E-state index contributed by atoms with van der Waals surface area (Å²) in [4.78, 5) is 2.48. The highest BCUT2D eigenvalue weighted by Gasteiger charge is 2.32. The van der Waals surface area contributed by atoms with Crippen LogP contribution in [0.1, 0.15) is 37.7 Å². The number of nitrogens with zero attached hydrogens (tertiary/aromatic N) is 2. The molecular weight excluding hydrogens is 320 g/mol. The molecular formula is C20H25ClN2O. The van der Waals surface area contributed by atoms with Crippen molar-refractivity contribution in [2.24, 2.45) is 5.41 Å². The molecule has 24 heavy (non-hydrogen) atoms. The topological polar surface area (TPSA) is 36.3 Å². The molecule has 0 N–H and O–H groups in total. The molecule has 0 aliphatic carbocycles. The molecule has 3 nitrogen and oxygen atoms in total. The summed E-state index contributed by atoms with van der Waals surface area (Å²) >= 11 is 6.09. The van der Waals surface area contributed by atoms with E-state index in [0.29, 0.717) is 0 Å². The number of rotatable bonds is 5. The molecule has 1 fully saturated rings. The summed E-state index contributed by atoms with van der Waals surface area (Å²) in [5.74, 6) is 0. The van der Waals surface area contributed by atoms with Crippen LogP contribution in [0, 0.1) is 16.7 Å². The molecule has 0 saturated carbocycles. The quantitative estimate of drug-likeness (QED) is 0.787. The smallest absolute Gasteiger partial charge is 0.0691 e. The molecule has 128 valence electrons. The minimum Gasteiger partial charge on any atom is -0.381 e. The number of hydrogen-bond donors (Lipinski definition) is 0. The van der Waals surface area contributed by atoms with Crippen LogP contribution in [0.3, 0.4) is 0 Å². The van der Waals surface area contributed by atoms with Crippen molar-refractivity contribution >= 4 is 17.2 Å². The number of ether oxygens (including phenoxy) is 1. The van der Waals surface area contributed by atoms with E-state index in [1.807, 2.05) is 18.2 Å². The van der Waals surface area contributed by atoms with Gasteiger partial charge in [-0.15, -0.1) is 0 Å². The van der Waals surface area contributed by atoms with Crippen molar-refractivity contribution in [2.75, 3.05) is 32.8 Å². The molecule has 1 aromatic rings. The van der Waals surface area contributed by atoms with Crippen molar-refractivity contribution < 1.29 is 4.74 Å². The van der Waals surface area contributed by atoms with E-state index in [-0.39, 0.29) is 5.41 Å². The highest BCUT2D eigenvalue weighted by atomic mass is 35.5. The van der Waals surface area contributed by atoms with Gasteiger partial charge in [-0.3, -0.25) is 4.90 Å². The maximum Gasteiger partial charge on any atom is 0.0691 e. The molecule has 0 amide bonds. The Morgan fingerprint density at radius 2 is 2.12 bits per heavy atom. The number of halogens is 1. The lowest BCUT2D eigenvalue weighted by atomic mass is 9.78. The van der Waals surface area contributed by atoms with E-state index in [2.05, 4.69) is 23.1 Å². The number of benzene rings is 1. The van der Waals surface area contributed by atoms with E-state index < -0.39 is 0 Å². The first-order valence-electron chi connectivity index (χ1n) is 8.87. The van der Waals surface area contributed by atoms with Crippen LogP contribution >= 0.6 is 11.6 Å². The minimum atomic E-state index is -0.143. The fraction of sp³-hybridized carbons (Fsp3) is 0.550. The zero-order valence-electron chi connectivity index (χ0n) is 14.1. The SMILES string of the molecule is N#CC1(CCCN2CC=C(c3cccc(Cl)c3)CC2)CCOCC1. The van der Waals surface area contributed by atoms with Crippen molar-refractivity contribution in [3.05, 3.63) is 40.9 Å². The van der Waals surface area contributed by atoms with Crippen molar-refractivity contribution in [3.8, 4) is 6.07 Å². The molecule has 1 saturated heterocycles. The minimum absolute atomic E-state index is 0.143. The molecule has 0 bridgehead atoms. The zero-order chi connectivity index (χ0) is 16.8. The van der Waals surface area contributed by atoms with Crippen LogP contribution in [0.5, 0.6) is 0 Å². The molecule has 0 aromatic heterocycles. The van der Waals surface area contributed by atoms with Gasteiger partial charge < -0.3 is 4.74 Å². The Morgan fingerprint density at radius 3 is 2.79 bits per heavy atom. The lowest BCUT2D eigenvalue weighted by molar-refractivity contribution is 0.0350. The van der Waals surface area contributed by atoms with Crippen LogP contribution in [0.15, 0.2) is 30.3 Å². The fourth-order valence-corrected chi connectivity index (χ4v) is 3.88. The Kier molecular flexibility index (Phi) is 5.94. The Labute approximate surface area is 149 Å². The Hall–Kier alpha value is -1.34. The van der Waals surface area contributed by atoms with E-state index in [4.69, 9.17) is 16.3 Å². The van der Waals surface area contributed by atoms with Crippen LogP contribution in [-0.2, 0) is 4.74 Å². The number of hydrogen-bond acceptors (Lipinski definition) is 3. The average Bonchev–Trinajstić information content (AvgIpc) is 2.63. The van der Waals surface area contributed by atoms with Gasteiger partial charge in [-0.25, -0.2) is 0 Å². The predicted molar refractivity (Wildman–Crippen MR) is 97.8 cm³/mol. The molecule has 0 unspecified atom stereocenters. The van der Waals surface area contributed by atoms with Gasteiger partial charge in [0, 0.05) is 31.3 Å². The Morgan fingerprint density at radius 1 is 1.29 bits per heavy atom. The van der Waals surface area contributed by atoms with Gasteiger partial charge in [0.1, 0.15) is 0 Å². The van der Waals surface area contributed by atoms with Crippen LogP contribution in [0.25, 0.3) is 5.57 Å². The molecule has 2 aliphatic rings. The van der Waals surface area contributed by atoms with Gasteiger partial charge in [0.05, 0.1) is 11.5 Å². The van der Waals surface area contributed by atoms with Gasteiger partial charge in [0.25, 0.3) is 0 Å². The first kappa shape index (κ1) is 17.5. The fourth-order valence-electron chi connectivity index (χ4n) is 3.69. The predicted octanol–water partition coefficient (Wildman–Crippen LogP) is 4.53. The molecule has 0 radical (unpaired) electrons. The Bertz CT molecular complexity index is 629. The van der Waals surface area contributed by atoms with Gasteiger partial charge in [-0.05, 0) is 61.9 Å². The lowest BCUT2D eigenvalue weighted by Gasteiger charge is -2.32. The standard InChI is InChI=1S/C20H25ClN2O/c21-19-4-1-3-18(15-19)17-5-11-23(12-6-17)10-2-7-20(16-22)8-13-24-14-9-20/h1,3-5,15H,2,6-14H2. The van der Waals surface area contributed by atoms with E-state index in [0.717, 1.165) is 70.0 Å². The van der Waals surface area contributed by atoms with Gasteiger partial charge in [0.15, 0.2) is 0 Å². The second-order valence-corrected chi connectivity index (χ2v) is 7.33. The van der Waals surface area contributed by atoms with Crippen LogP contribution in [-0.4, -0.2) is 37.7 Å². The second kappa shape index (κ2) is 8.16. The van der Waals surface area contributed by atoms with Gasteiger partial charge in [0.2, 0.25) is 0 Å². The molecule has 4 heteroatoms. The third-order valence-corrected chi connectivity index (χ3v) is 5.54. The maximum atomic E-state index is 9.52. The van der Waals surface area contributed by atoms with Gasteiger partial charge in [-0.1, -0.05) is 29.8 Å². The summed E-state index contributed by atoms with van der Waals surface area (Å²) < 4.78 is 5.41. The molecule has 0 spiro atoms. The summed E-state index contributed by atoms with van der Waals surface area (Å²) in [6.45, 7) is 4.63. The molecule has 2 aliphatic heterocycles. The summed E-state index contributed by atoms with van der Waals surface area (Å²) in [7, 11) is 0. The third-order valence-electron chi connectivity index (χ3n) is 5.31. The lowest BCUT2D eigenvalue weighted by Crippen LogP contribution is -2.32. The first-order chi connectivity index (χ1) is 11.7. The molecule has 1 aromatic carbocycles. The Balaban J connectivity index is 1.48. The molecule has 3 rings (SSSR count). The van der Waals surface area contributed by atoms with Crippen molar-refractivity contribution in [1.29, 1.82) is 5.26 Å². The molecule has 2 heterocycles. The van der Waals surface area contributed by atoms with E-state index >= 15 is 0 Å². The third kappa shape index (κ3) is 4.39. The summed E-state index contributed by atoms with van der Waals surface area (Å²) in [5.41, 5.74) is 2.50.